The number of hydrogen-bond acceptors (Lipinski definition) is 3. The van der Waals surface area contributed by atoms with E-state index in [1.165, 1.54) is 0 Å². The Morgan fingerprint density at radius 2 is 2.00 bits per heavy atom. The van der Waals surface area contributed by atoms with E-state index in [0.717, 1.165) is 17.8 Å². The molecule has 0 saturated carbocycles. The minimum absolute atomic E-state index is 0.0452. The number of anilines is 2. The van der Waals surface area contributed by atoms with Crippen molar-refractivity contribution in [1.29, 1.82) is 0 Å². The Kier molecular flexibility index (Phi) is 4.27. The number of hydrogen-bond donors (Lipinski definition) is 1. The number of nitrogens with two attached hydrogens (primary N) is 1. The Labute approximate surface area is 125 Å². The number of nitrogen functional groups attached to an aromatic ring is 1. The molecule has 0 spiro atoms. The lowest BCUT2D eigenvalue weighted by atomic mass is 10.2. The number of nitrogens with zero attached hydrogens (tertiary/aromatic N) is 2. The second-order valence-corrected chi connectivity index (χ2v) is 5.04. The maximum atomic E-state index is 12.6. The minimum Gasteiger partial charge on any atom is -0.399 e. The first kappa shape index (κ1) is 15.4. The summed E-state index contributed by atoms with van der Waals surface area (Å²) >= 11 is 5.90. The molecule has 1 aromatic heterocycles. The third-order valence-electron chi connectivity index (χ3n) is 2.88. The molecular formula is C14H13ClF3N3. The minimum atomic E-state index is -4.46. The van der Waals surface area contributed by atoms with Gasteiger partial charge in [0.2, 0.25) is 0 Å². The molecule has 0 radical (unpaired) electrons. The van der Waals surface area contributed by atoms with Crippen molar-refractivity contribution < 1.29 is 13.2 Å². The largest absolute Gasteiger partial charge is 0.417 e. The van der Waals surface area contributed by atoms with Gasteiger partial charge in [-0.1, -0.05) is 23.7 Å². The summed E-state index contributed by atoms with van der Waals surface area (Å²) in [5.74, 6) is 0.284. The maximum absolute atomic E-state index is 12.6. The van der Waals surface area contributed by atoms with Crippen LogP contribution in [0.2, 0.25) is 5.02 Å². The highest BCUT2D eigenvalue weighted by molar-refractivity contribution is 6.33. The highest BCUT2D eigenvalue weighted by Crippen LogP contribution is 2.33. The lowest BCUT2D eigenvalue weighted by Crippen LogP contribution is -2.19. The van der Waals surface area contributed by atoms with Crippen LogP contribution >= 0.6 is 11.6 Å². The van der Waals surface area contributed by atoms with Crippen LogP contribution in [0, 0.1) is 0 Å². The summed E-state index contributed by atoms with van der Waals surface area (Å²) in [6.07, 6.45) is -3.68. The van der Waals surface area contributed by atoms with Crippen LogP contribution in [-0.2, 0) is 12.7 Å². The summed E-state index contributed by atoms with van der Waals surface area (Å²) in [5, 5.41) is -0.0452. The molecule has 3 nitrogen and oxygen atoms in total. The van der Waals surface area contributed by atoms with Gasteiger partial charge in [0.15, 0.2) is 0 Å². The molecule has 1 heterocycles. The van der Waals surface area contributed by atoms with Crippen molar-refractivity contribution in [3.63, 3.8) is 0 Å². The highest BCUT2D eigenvalue weighted by Gasteiger charge is 2.31. The molecule has 0 unspecified atom stereocenters. The quantitative estimate of drug-likeness (QED) is 0.871. The van der Waals surface area contributed by atoms with Gasteiger partial charge in [-0.3, -0.25) is 0 Å². The zero-order chi connectivity index (χ0) is 15.6. The summed E-state index contributed by atoms with van der Waals surface area (Å²) in [4.78, 5) is 5.47. The average Bonchev–Trinajstić information content (AvgIpc) is 2.37. The zero-order valence-electron chi connectivity index (χ0n) is 11.2. The van der Waals surface area contributed by atoms with Gasteiger partial charge in [-0.15, -0.1) is 0 Å². The van der Waals surface area contributed by atoms with Crippen molar-refractivity contribution in [3.8, 4) is 0 Å². The van der Waals surface area contributed by atoms with Gasteiger partial charge < -0.3 is 10.6 Å². The molecule has 1 aromatic carbocycles. The van der Waals surface area contributed by atoms with Crippen LogP contribution < -0.4 is 10.6 Å². The number of rotatable bonds is 3. The van der Waals surface area contributed by atoms with E-state index in [0.29, 0.717) is 12.2 Å². The summed E-state index contributed by atoms with van der Waals surface area (Å²) in [5.41, 5.74) is 6.35. The summed E-state index contributed by atoms with van der Waals surface area (Å²) in [6, 6.07) is 8.09. The van der Waals surface area contributed by atoms with Gasteiger partial charge in [0.25, 0.3) is 0 Å². The van der Waals surface area contributed by atoms with Crippen LogP contribution in [0.1, 0.15) is 11.1 Å². The van der Waals surface area contributed by atoms with Gasteiger partial charge in [0.05, 0.1) is 10.6 Å². The van der Waals surface area contributed by atoms with Crippen LogP contribution in [0.15, 0.2) is 36.5 Å². The fraction of sp³-hybridized carbons (Fsp3) is 0.214. The van der Waals surface area contributed by atoms with E-state index in [1.54, 1.807) is 30.1 Å². The molecule has 0 saturated heterocycles. The lowest BCUT2D eigenvalue weighted by Gasteiger charge is -2.20. The number of aromatic nitrogens is 1. The predicted octanol–water partition coefficient (Wildman–Crippen LogP) is 3.97. The number of alkyl halides is 3. The van der Waals surface area contributed by atoms with E-state index in [4.69, 9.17) is 17.3 Å². The van der Waals surface area contributed by atoms with Crippen LogP contribution in [0.5, 0.6) is 0 Å². The van der Waals surface area contributed by atoms with Crippen molar-refractivity contribution in [2.24, 2.45) is 0 Å². The van der Waals surface area contributed by atoms with Gasteiger partial charge in [-0.25, -0.2) is 4.98 Å². The zero-order valence-corrected chi connectivity index (χ0v) is 11.9. The topological polar surface area (TPSA) is 42.1 Å². The first-order chi connectivity index (χ1) is 9.77. The molecule has 21 heavy (non-hydrogen) atoms. The van der Waals surface area contributed by atoms with E-state index >= 15 is 0 Å². The second-order valence-electron chi connectivity index (χ2n) is 4.63. The van der Waals surface area contributed by atoms with Crippen LogP contribution in [0.25, 0.3) is 0 Å². The van der Waals surface area contributed by atoms with Crippen molar-refractivity contribution in [2.75, 3.05) is 17.7 Å². The van der Waals surface area contributed by atoms with Crippen molar-refractivity contribution in [1.82, 2.24) is 4.98 Å². The molecule has 0 fully saturated rings. The van der Waals surface area contributed by atoms with Crippen molar-refractivity contribution >= 4 is 23.1 Å². The van der Waals surface area contributed by atoms with Crippen molar-refractivity contribution in [2.45, 2.75) is 12.7 Å². The van der Waals surface area contributed by atoms with Crippen LogP contribution in [-0.4, -0.2) is 12.0 Å². The van der Waals surface area contributed by atoms with E-state index in [1.807, 2.05) is 6.07 Å². The molecule has 0 aliphatic carbocycles. The summed E-state index contributed by atoms with van der Waals surface area (Å²) in [6.45, 7) is 0.434. The van der Waals surface area contributed by atoms with Gasteiger partial charge >= 0.3 is 6.18 Å². The molecular weight excluding hydrogens is 303 g/mol. The molecule has 0 atom stereocenters. The Morgan fingerprint density at radius 3 is 2.57 bits per heavy atom. The van der Waals surface area contributed by atoms with E-state index in [9.17, 15) is 13.2 Å². The average molecular weight is 316 g/mol. The van der Waals surface area contributed by atoms with E-state index in [-0.39, 0.29) is 10.8 Å². The second kappa shape index (κ2) is 5.81. The third-order valence-corrected chi connectivity index (χ3v) is 3.16. The van der Waals surface area contributed by atoms with Crippen LogP contribution in [0.4, 0.5) is 24.7 Å². The lowest BCUT2D eigenvalue weighted by molar-refractivity contribution is -0.137. The Balaban J connectivity index is 2.22. The maximum Gasteiger partial charge on any atom is 0.417 e. The highest BCUT2D eigenvalue weighted by atomic mass is 35.5. The standard InChI is InChI=1S/C14H13ClF3N3/c1-21(8-9-3-2-4-11(19)5-9)13-12(15)6-10(7-20-13)14(16,17)18/h2-7H,8,19H2,1H3. The first-order valence-corrected chi connectivity index (χ1v) is 6.43. The van der Waals surface area contributed by atoms with Gasteiger partial charge in [-0.05, 0) is 23.8 Å². The fourth-order valence-corrected chi connectivity index (χ4v) is 2.22. The van der Waals surface area contributed by atoms with Crippen molar-refractivity contribution in [3.05, 3.63) is 52.7 Å². The van der Waals surface area contributed by atoms with Gasteiger partial charge in [-0.2, -0.15) is 13.2 Å². The van der Waals surface area contributed by atoms with E-state index < -0.39 is 11.7 Å². The first-order valence-electron chi connectivity index (χ1n) is 6.05. The third kappa shape index (κ3) is 3.78. The molecule has 0 aliphatic rings. The molecule has 0 aliphatic heterocycles. The molecule has 0 amide bonds. The molecule has 2 N–H and O–H groups in total. The smallest absolute Gasteiger partial charge is 0.399 e. The SMILES string of the molecule is CN(Cc1cccc(N)c1)c1ncc(C(F)(F)F)cc1Cl. The van der Waals surface area contributed by atoms with E-state index in [2.05, 4.69) is 4.98 Å². The van der Waals surface area contributed by atoms with Gasteiger partial charge in [0, 0.05) is 25.5 Å². The molecule has 2 aromatic rings. The van der Waals surface area contributed by atoms with Gasteiger partial charge in [0.1, 0.15) is 5.82 Å². The molecule has 2 rings (SSSR count). The Hall–Kier alpha value is -1.95. The summed E-state index contributed by atoms with van der Waals surface area (Å²) in [7, 11) is 1.70. The molecule has 7 heteroatoms. The number of halogens is 4. The number of benzene rings is 1. The molecule has 112 valence electrons. The fourth-order valence-electron chi connectivity index (χ4n) is 1.91. The summed E-state index contributed by atoms with van der Waals surface area (Å²) < 4.78 is 37.7. The van der Waals surface area contributed by atoms with Crippen LogP contribution in [0.3, 0.4) is 0 Å². The molecule has 0 bridgehead atoms. The Bertz CT molecular complexity index is 644. The normalized spacial score (nSPS) is 11.5. The predicted molar refractivity (Wildman–Crippen MR) is 77.2 cm³/mol. The Morgan fingerprint density at radius 1 is 1.29 bits per heavy atom. The monoisotopic (exact) mass is 315 g/mol. The number of pyridine rings is 1.